The maximum Gasteiger partial charge on any atom is 0.416 e. The average molecular weight is 349 g/mol. The molecule has 0 aliphatic rings. The third-order valence-corrected chi connectivity index (χ3v) is 3.11. The van der Waals surface area contributed by atoms with Crippen molar-refractivity contribution < 1.29 is 31.1 Å². The zero-order valence-corrected chi connectivity index (χ0v) is 10.7. The Kier molecular flexibility index (Phi) is 4.65. The van der Waals surface area contributed by atoms with E-state index in [0.29, 0.717) is 18.2 Å². The van der Waals surface area contributed by atoms with Gasteiger partial charge in [0.15, 0.2) is 0 Å². The molecule has 1 unspecified atom stereocenters. The molecule has 0 heterocycles. The second-order valence-corrected chi connectivity index (χ2v) is 4.34. The third-order valence-electron chi connectivity index (χ3n) is 2.41. The van der Waals surface area contributed by atoms with Gasteiger partial charge in [0, 0.05) is 11.2 Å². The number of alkyl halides is 7. The molecule has 1 nitrogen and oxygen atoms in total. The zero-order valence-electron chi connectivity index (χ0n) is 9.15. The zero-order chi connectivity index (χ0) is 14.8. The first-order valence-electron chi connectivity index (χ1n) is 4.91. The van der Waals surface area contributed by atoms with Crippen LogP contribution in [0.15, 0.2) is 18.2 Å². The maximum atomic E-state index is 12.7. The lowest BCUT2D eigenvalue weighted by molar-refractivity contribution is -0.142. The summed E-state index contributed by atoms with van der Waals surface area (Å²) in [4.78, 5) is 10.7. The largest absolute Gasteiger partial charge is 0.416 e. The second-order valence-electron chi connectivity index (χ2n) is 3.69. The van der Waals surface area contributed by atoms with E-state index >= 15 is 0 Å². The normalized spacial score (nSPS) is 14.3. The third kappa shape index (κ3) is 3.71. The minimum absolute atomic E-state index is 0.180. The molecule has 1 aromatic carbocycles. The lowest BCUT2D eigenvalue weighted by atomic mass is 9.94. The van der Waals surface area contributed by atoms with Gasteiger partial charge in [0.2, 0.25) is 0 Å². The Bertz CT molecular complexity index is 465. The molecule has 0 amide bonds. The van der Waals surface area contributed by atoms with Gasteiger partial charge in [0.05, 0.1) is 11.1 Å². The van der Waals surface area contributed by atoms with Crippen LogP contribution in [0.25, 0.3) is 0 Å². The van der Waals surface area contributed by atoms with Gasteiger partial charge in [-0.3, -0.25) is 0 Å². The highest BCUT2D eigenvalue weighted by atomic mass is 79.9. The fraction of sp³-hybridized carbons (Fsp3) is 0.364. The lowest BCUT2D eigenvalue weighted by Crippen LogP contribution is -2.16. The summed E-state index contributed by atoms with van der Waals surface area (Å²) in [6, 6.07) is 1.06. The first kappa shape index (κ1) is 16.0. The van der Waals surface area contributed by atoms with Gasteiger partial charge in [0.25, 0.3) is 0 Å². The molecule has 0 aromatic heterocycles. The average Bonchev–Trinajstić information content (AvgIpc) is 2.28. The van der Waals surface area contributed by atoms with Crippen molar-refractivity contribution in [3.8, 4) is 0 Å². The van der Waals surface area contributed by atoms with E-state index < -0.39 is 35.0 Å². The molecule has 0 aliphatic heterocycles. The van der Waals surface area contributed by atoms with Crippen LogP contribution < -0.4 is 0 Å². The van der Waals surface area contributed by atoms with Crippen molar-refractivity contribution >= 4 is 22.2 Å². The van der Waals surface area contributed by atoms with E-state index in [4.69, 9.17) is 0 Å². The Balaban J connectivity index is 3.47. The molecular formula is C11H7BrF6O. The molecule has 0 aliphatic carbocycles. The first-order valence-corrected chi connectivity index (χ1v) is 6.03. The molecule has 0 radical (unpaired) electrons. The summed E-state index contributed by atoms with van der Waals surface area (Å²) in [5.74, 6) is -1.29. The minimum atomic E-state index is -4.82. The van der Waals surface area contributed by atoms with Crippen molar-refractivity contribution in [1.82, 2.24) is 0 Å². The van der Waals surface area contributed by atoms with Crippen molar-refractivity contribution in [3.05, 3.63) is 34.9 Å². The molecule has 0 spiro atoms. The number of carbonyl (C=O) groups is 1. The molecule has 0 saturated carbocycles. The van der Waals surface area contributed by atoms with Gasteiger partial charge >= 0.3 is 12.4 Å². The van der Waals surface area contributed by atoms with Crippen LogP contribution in [-0.2, 0) is 17.1 Å². The van der Waals surface area contributed by atoms with Gasteiger partial charge in [-0.2, -0.15) is 26.3 Å². The SMILES string of the molecule is O=CC(CBr)c1cc(C(F)(F)F)ccc1C(F)(F)F. The molecule has 0 saturated heterocycles. The van der Waals surface area contributed by atoms with Gasteiger partial charge in [-0.1, -0.05) is 15.9 Å². The van der Waals surface area contributed by atoms with E-state index in [1.807, 2.05) is 0 Å². The highest BCUT2D eigenvalue weighted by molar-refractivity contribution is 9.09. The first-order chi connectivity index (χ1) is 8.61. The number of hydrogen-bond acceptors (Lipinski definition) is 1. The molecule has 1 rings (SSSR count). The fourth-order valence-electron chi connectivity index (χ4n) is 1.50. The van der Waals surface area contributed by atoms with E-state index in [1.54, 1.807) is 0 Å². The standard InChI is InChI=1S/C11H7BrF6O/c12-4-6(5-19)8-3-7(10(13,14)15)1-2-9(8)11(16,17)18/h1-3,5-6H,4H2. The molecule has 0 bridgehead atoms. The Labute approximate surface area is 112 Å². The van der Waals surface area contributed by atoms with Gasteiger partial charge < -0.3 is 4.79 Å². The van der Waals surface area contributed by atoms with Crippen molar-refractivity contribution in [2.24, 2.45) is 0 Å². The van der Waals surface area contributed by atoms with Crippen LogP contribution in [-0.4, -0.2) is 11.6 Å². The molecule has 0 fully saturated rings. The number of benzene rings is 1. The van der Waals surface area contributed by atoms with Crippen LogP contribution >= 0.6 is 15.9 Å². The predicted octanol–water partition coefficient (Wildman–Crippen LogP) is 4.40. The van der Waals surface area contributed by atoms with Crippen molar-refractivity contribution in [3.63, 3.8) is 0 Å². The van der Waals surface area contributed by atoms with Crippen LogP contribution in [0.2, 0.25) is 0 Å². The summed E-state index contributed by atoms with van der Waals surface area (Å²) in [6.07, 6.45) is -9.40. The second kappa shape index (κ2) is 5.52. The summed E-state index contributed by atoms with van der Waals surface area (Å²) in [5, 5.41) is -0.194. The van der Waals surface area contributed by atoms with E-state index in [-0.39, 0.29) is 11.6 Å². The topological polar surface area (TPSA) is 17.1 Å². The Hall–Kier alpha value is -1.05. The minimum Gasteiger partial charge on any atom is -0.303 e. The van der Waals surface area contributed by atoms with E-state index in [9.17, 15) is 31.1 Å². The highest BCUT2D eigenvalue weighted by Crippen LogP contribution is 2.39. The quantitative estimate of drug-likeness (QED) is 0.449. The monoisotopic (exact) mass is 348 g/mol. The van der Waals surface area contributed by atoms with Gasteiger partial charge in [-0.25, -0.2) is 0 Å². The van der Waals surface area contributed by atoms with Crippen LogP contribution in [0.5, 0.6) is 0 Å². The summed E-state index contributed by atoms with van der Waals surface area (Å²) in [5.41, 5.74) is -3.14. The fourth-order valence-corrected chi connectivity index (χ4v) is 2.00. The Morgan fingerprint density at radius 1 is 1.11 bits per heavy atom. The number of halogens is 7. The van der Waals surface area contributed by atoms with E-state index in [2.05, 4.69) is 15.9 Å². The Morgan fingerprint density at radius 2 is 1.68 bits per heavy atom. The summed E-state index contributed by atoms with van der Waals surface area (Å²) in [6.45, 7) is 0. The lowest BCUT2D eigenvalue weighted by Gasteiger charge is -2.18. The highest BCUT2D eigenvalue weighted by Gasteiger charge is 2.38. The molecule has 0 N–H and O–H groups in total. The summed E-state index contributed by atoms with van der Waals surface area (Å²) in [7, 11) is 0. The molecule has 19 heavy (non-hydrogen) atoms. The predicted molar refractivity (Wildman–Crippen MR) is 59.0 cm³/mol. The van der Waals surface area contributed by atoms with Gasteiger partial charge in [0.1, 0.15) is 6.29 Å². The van der Waals surface area contributed by atoms with Crippen molar-refractivity contribution in [2.45, 2.75) is 18.3 Å². The van der Waals surface area contributed by atoms with Crippen molar-refractivity contribution in [2.75, 3.05) is 5.33 Å². The molecule has 1 aromatic rings. The van der Waals surface area contributed by atoms with Crippen LogP contribution in [0.3, 0.4) is 0 Å². The van der Waals surface area contributed by atoms with Crippen LogP contribution in [0, 0.1) is 0 Å². The van der Waals surface area contributed by atoms with Crippen molar-refractivity contribution in [1.29, 1.82) is 0 Å². The molecule has 8 heteroatoms. The number of aldehydes is 1. The molecular weight excluding hydrogens is 342 g/mol. The number of rotatable bonds is 3. The Morgan fingerprint density at radius 3 is 2.05 bits per heavy atom. The summed E-state index contributed by atoms with van der Waals surface area (Å²) < 4.78 is 75.5. The number of carbonyl (C=O) groups excluding carboxylic acids is 1. The van der Waals surface area contributed by atoms with Gasteiger partial charge in [-0.15, -0.1) is 0 Å². The van der Waals surface area contributed by atoms with E-state index in [1.165, 1.54) is 0 Å². The number of hydrogen-bond donors (Lipinski definition) is 0. The molecule has 1 atom stereocenters. The van der Waals surface area contributed by atoms with Gasteiger partial charge in [-0.05, 0) is 23.8 Å². The molecule has 106 valence electrons. The van der Waals surface area contributed by atoms with Crippen LogP contribution in [0.4, 0.5) is 26.3 Å². The van der Waals surface area contributed by atoms with E-state index in [0.717, 1.165) is 0 Å². The van der Waals surface area contributed by atoms with Crippen LogP contribution in [0.1, 0.15) is 22.6 Å². The summed E-state index contributed by atoms with van der Waals surface area (Å²) >= 11 is 2.81. The maximum absolute atomic E-state index is 12.7. The smallest absolute Gasteiger partial charge is 0.303 e.